The van der Waals surface area contributed by atoms with Crippen LogP contribution in [0, 0.1) is 0 Å². The van der Waals surface area contributed by atoms with Crippen LogP contribution in [-0.4, -0.2) is 32.0 Å². The molecule has 2 rings (SSSR count). The highest BCUT2D eigenvalue weighted by atomic mass is 16.5. The van der Waals surface area contributed by atoms with E-state index in [9.17, 15) is 4.79 Å². The fraction of sp³-hybridized carbons (Fsp3) is 0.188. The number of methoxy groups -OCH3 is 1. The van der Waals surface area contributed by atoms with Crippen molar-refractivity contribution in [2.75, 3.05) is 21.2 Å². The SMILES string of the molecule is COc1ccc(C(=O)c2ccc(/N=N/N(C)C)cc2)cc1. The summed E-state index contributed by atoms with van der Waals surface area (Å²) in [6, 6.07) is 14.1. The van der Waals surface area contributed by atoms with Gasteiger partial charge in [-0.2, -0.15) is 0 Å². The van der Waals surface area contributed by atoms with Crippen molar-refractivity contribution in [1.82, 2.24) is 5.01 Å². The highest BCUT2D eigenvalue weighted by Crippen LogP contribution is 2.18. The second kappa shape index (κ2) is 6.65. The number of nitrogens with zero attached hydrogens (tertiary/aromatic N) is 3. The number of hydrogen-bond donors (Lipinski definition) is 0. The third kappa shape index (κ3) is 3.89. The van der Waals surface area contributed by atoms with Gasteiger partial charge in [-0.15, -0.1) is 5.11 Å². The Morgan fingerprint density at radius 1 is 0.952 bits per heavy atom. The summed E-state index contributed by atoms with van der Waals surface area (Å²) in [4.78, 5) is 12.3. The summed E-state index contributed by atoms with van der Waals surface area (Å²) in [7, 11) is 5.19. The number of carbonyl (C=O) groups is 1. The minimum Gasteiger partial charge on any atom is -0.497 e. The van der Waals surface area contributed by atoms with Gasteiger partial charge in [0.25, 0.3) is 0 Å². The first kappa shape index (κ1) is 14.7. The highest BCUT2D eigenvalue weighted by molar-refractivity contribution is 6.09. The Kier molecular flexibility index (Phi) is 4.66. The van der Waals surface area contributed by atoms with E-state index >= 15 is 0 Å². The minimum absolute atomic E-state index is 0.0336. The summed E-state index contributed by atoms with van der Waals surface area (Å²) >= 11 is 0. The van der Waals surface area contributed by atoms with Crippen LogP contribution in [0.5, 0.6) is 5.75 Å². The molecule has 5 heteroatoms. The van der Waals surface area contributed by atoms with Crippen LogP contribution in [-0.2, 0) is 0 Å². The molecule has 21 heavy (non-hydrogen) atoms. The Labute approximate surface area is 123 Å². The van der Waals surface area contributed by atoms with Gasteiger partial charge < -0.3 is 4.74 Å². The summed E-state index contributed by atoms with van der Waals surface area (Å²) in [5, 5.41) is 9.54. The van der Waals surface area contributed by atoms with Gasteiger partial charge in [-0.25, -0.2) is 0 Å². The van der Waals surface area contributed by atoms with Crippen LogP contribution >= 0.6 is 0 Å². The lowest BCUT2D eigenvalue weighted by molar-refractivity contribution is 0.103. The zero-order chi connectivity index (χ0) is 15.2. The van der Waals surface area contributed by atoms with Crippen molar-refractivity contribution in [3.8, 4) is 5.75 Å². The second-order valence-electron chi connectivity index (χ2n) is 4.64. The summed E-state index contributed by atoms with van der Waals surface area (Å²) in [6.07, 6.45) is 0. The average molecular weight is 283 g/mol. The molecule has 0 unspecified atom stereocenters. The van der Waals surface area contributed by atoms with Crippen LogP contribution in [0.25, 0.3) is 0 Å². The second-order valence-corrected chi connectivity index (χ2v) is 4.64. The van der Waals surface area contributed by atoms with E-state index in [2.05, 4.69) is 10.3 Å². The first-order valence-corrected chi connectivity index (χ1v) is 6.48. The Bertz CT molecular complexity index is 632. The molecule has 0 heterocycles. The van der Waals surface area contributed by atoms with E-state index in [4.69, 9.17) is 4.74 Å². The van der Waals surface area contributed by atoms with Crippen LogP contribution in [0.3, 0.4) is 0 Å². The normalized spacial score (nSPS) is 10.6. The maximum absolute atomic E-state index is 12.3. The molecule has 108 valence electrons. The van der Waals surface area contributed by atoms with Crippen molar-refractivity contribution < 1.29 is 9.53 Å². The third-order valence-electron chi connectivity index (χ3n) is 2.82. The molecule has 0 fully saturated rings. The zero-order valence-electron chi connectivity index (χ0n) is 12.3. The topological polar surface area (TPSA) is 54.3 Å². The van der Waals surface area contributed by atoms with E-state index in [0.29, 0.717) is 16.8 Å². The molecule has 0 saturated heterocycles. The van der Waals surface area contributed by atoms with E-state index in [1.807, 2.05) is 0 Å². The molecule has 0 amide bonds. The van der Waals surface area contributed by atoms with Crippen molar-refractivity contribution in [3.05, 3.63) is 59.7 Å². The average Bonchev–Trinajstić information content (AvgIpc) is 2.53. The lowest BCUT2D eigenvalue weighted by Crippen LogP contribution is -2.01. The number of ketones is 1. The predicted molar refractivity (Wildman–Crippen MR) is 81.1 cm³/mol. The van der Waals surface area contributed by atoms with Crippen LogP contribution in [0.1, 0.15) is 15.9 Å². The van der Waals surface area contributed by atoms with Gasteiger partial charge in [0.2, 0.25) is 0 Å². The summed E-state index contributed by atoms with van der Waals surface area (Å²) in [5.74, 6) is 0.694. The van der Waals surface area contributed by atoms with Crippen molar-refractivity contribution in [1.29, 1.82) is 0 Å². The van der Waals surface area contributed by atoms with Gasteiger partial charge in [-0.1, -0.05) is 5.22 Å². The molecule has 0 aliphatic rings. The van der Waals surface area contributed by atoms with Crippen LogP contribution in [0.4, 0.5) is 5.69 Å². The van der Waals surface area contributed by atoms with Crippen LogP contribution < -0.4 is 4.74 Å². The number of rotatable bonds is 5. The maximum atomic E-state index is 12.3. The largest absolute Gasteiger partial charge is 0.497 e. The Morgan fingerprint density at radius 2 is 1.48 bits per heavy atom. The Morgan fingerprint density at radius 3 is 1.95 bits per heavy atom. The van der Waals surface area contributed by atoms with Crippen LogP contribution in [0.15, 0.2) is 58.9 Å². The van der Waals surface area contributed by atoms with Gasteiger partial charge in [0.1, 0.15) is 5.75 Å². The lowest BCUT2D eigenvalue weighted by Gasteiger charge is -2.04. The number of ether oxygens (including phenoxy) is 1. The number of hydrogen-bond acceptors (Lipinski definition) is 4. The summed E-state index contributed by atoms with van der Waals surface area (Å²) in [6.45, 7) is 0. The summed E-state index contributed by atoms with van der Waals surface area (Å²) < 4.78 is 5.08. The van der Waals surface area contributed by atoms with Crippen LogP contribution in [0.2, 0.25) is 0 Å². The zero-order valence-corrected chi connectivity index (χ0v) is 12.3. The van der Waals surface area contributed by atoms with Gasteiger partial charge in [0.15, 0.2) is 5.78 Å². The minimum atomic E-state index is -0.0336. The standard InChI is InChI=1S/C16H17N3O2/c1-19(2)18-17-14-8-4-12(5-9-14)16(20)13-6-10-15(21-3)11-7-13/h4-11H,1-3H3/b18-17+. The smallest absolute Gasteiger partial charge is 0.193 e. The molecular formula is C16H17N3O2. The molecule has 5 nitrogen and oxygen atoms in total. The number of carbonyl (C=O) groups excluding carboxylic acids is 1. The molecule has 2 aromatic carbocycles. The maximum Gasteiger partial charge on any atom is 0.193 e. The molecule has 0 radical (unpaired) electrons. The Balaban J connectivity index is 2.15. The van der Waals surface area contributed by atoms with Gasteiger partial charge in [-0.05, 0) is 48.5 Å². The molecular weight excluding hydrogens is 266 g/mol. The van der Waals surface area contributed by atoms with Gasteiger partial charge >= 0.3 is 0 Å². The fourth-order valence-electron chi connectivity index (χ4n) is 1.73. The van der Waals surface area contributed by atoms with Crippen molar-refractivity contribution >= 4 is 11.5 Å². The Hall–Kier alpha value is -2.69. The molecule has 0 N–H and O–H groups in total. The monoisotopic (exact) mass is 283 g/mol. The quantitative estimate of drug-likeness (QED) is 0.479. The molecule has 0 aliphatic heterocycles. The molecule has 0 aromatic heterocycles. The lowest BCUT2D eigenvalue weighted by atomic mass is 10.0. The molecule has 0 spiro atoms. The highest BCUT2D eigenvalue weighted by Gasteiger charge is 2.08. The molecule has 2 aromatic rings. The molecule has 0 aliphatic carbocycles. The van der Waals surface area contributed by atoms with E-state index in [1.54, 1.807) is 74.7 Å². The van der Waals surface area contributed by atoms with E-state index in [0.717, 1.165) is 5.75 Å². The predicted octanol–water partition coefficient (Wildman–Crippen LogP) is 3.49. The first-order chi connectivity index (χ1) is 10.1. The summed E-state index contributed by atoms with van der Waals surface area (Å²) in [5.41, 5.74) is 1.94. The van der Waals surface area contributed by atoms with Crippen molar-refractivity contribution in [2.45, 2.75) is 0 Å². The molecule has 0 saturated carbocycles. The third-order valence-corrected chi connectivity index (χ3v) is 2.82. The van der Waals surface area contributed by atoms with Gasteiger partial charge in [0.05, 0.1) is 12.8 Å². The van der Waals surface area contributed by atoms with Gasteiger partial charge in [0, 0.05) is 25.2 Å². The van der Waals surface area contributed by atoms with E-state index in [1.165, 1.54) is 0 Å². The first-order valence-electron chi connectivity index (χ1n) is 6.48. The van der Waals surface area contributed by atoms with Gasteiger partial charge in [-0.3, -0.25) is 9.80 Å². The van der Waals surface area contributed by atoms with E-state index < -0.39 is 0 Å². The fourth-order valence-corrected chi connectivity index (χ4v) is 1.73. The number of benzene rings is 2. The van der Waals surface area contributed by atoms with Crippen molar-refractivity contribution in [3.63, 3.8) is 0 Å². The van der Waals surface area contributed by atoms with E-state index in [-0.39, 0.29) is 5.78 Å². The van der Waals surface area contributed by atoms with Crippen molar-refractivity contribution in [2.24, 2.45) is 10.3 Å². The molecule has 0 atom stereocenters. The molecule has 0 bridgehead atoms.